The lowest BCUT2D eigenvalue weighted by atomic mass is 10.1. The largest absolute Gasteiger partial charge is 0.478 e. The van der Waals surface area contributed by atoms with E-state index in [9.17, 15) is 19.1 Å². The van der Waals surface area contributed by atoms with Crippen LogP contribution < -0.4 is 0 Å². The monoisotopic (exact) mass is 374 g/mol. The van der Waals surface area contributed by atoms with Gasteiger partial charge in [0.05, 0.1) is 23.3 Å². The third kappa shape index (κ3) is 3.57. The molecule has 26 heavy (non-hydrogen) atoms. The summed E-state index contributed by atoms with van der Waals surface area (Å²) in [6, 6.07) is 8.59. The Morgan fingerprint density at radius 3 is 2.62 bits per heavy atom. The molecule has 2 aromatic carbocycles. The Balaban J connectivity index is 2.14. The minimum atomic E-state index is -1.14. The Morgan fingerprint density at radius 1 is 1.19 bits per heavy atom. The van der Waals surface area contributed by atoms with Crippen LogP contribution in [0.4, 0.5) is 4.39 Å². The minimum Gasteiger partial charge on any atom is -0.478 e. The maximum absolute atomic E-state index is 14.1. The fourth-order valence-electron chi connectivity index (χ4n) is 2.54. The van der Waals surface area contributed by atoms with Crippen LogP contribution in [0.3, 0.4) is 0 Å². The molecular formula is C18H12ClFN2O4. The van der Waals surface area contributed by atoms with Gasteiger partial charge in [-0.2, -0.15) is 5.10 Å². The number of hydrogen-bond acceptors (Lipinski definition) is 3. The van der Waals surface area contributed by atoms with Crippen LogP contribution in [-0.4, -0.2) is 31.9 Å². The van der Waals surface area contributed by atoms with Crippen molar-refractivity contribution >= 4 is 40.5 Å². The average Bonchev–Trinajstić information content (AvgIpc) is 2.92. The highest BCUT2D eigenvalue weighted by molar-refractivity contribution is 6.30. The molecule has 132 valence electrons. The highest BCUT2D eigenvalue weighted by atomic mass is 35.5. The van der Waals surface area contributed by atoms with Gasteiger partial charge in [0.2, 0.25) is 0 Å². The molecular weight excluding hydrogens is 363 g/mol. The van der Waals surface area contributed by atoms with Gasteiger partial charge in [-0.25, -0.2) is 14.0 Å². The zero-order valence-electron chi connectivity index (χ0n) is 13.2. The molecule has 0 aliphatic carbocycles. The zero-order chi connectivity index (χ0) is 18.8. The fourth-order valence-corrected chi connectivity index (χ4v) is 2.70. The highest BCUT2D eigenvalue weighted by Crippen LogP contribution is 2.24. The molecule has 6 nitrogen and oxygen atoms in total. The normalized spacial score (nSPS) is 11.3. The highest BCUT2D eigenvalue weighted by Gasteiger charge is 2.14. The van der Waals surface area contributed by atoms with Crippen molar-refractivity contribution in [1.29, 1.82) is 0 Å². The first-order chi connectivity index (χ1) is 12.3. The number of hydrogen-bond donors (Lipinski definition) is 2. The van der Waals surface area contributed by atoms with E-state index < -0.39 is 17.8 Å². The molecule has 8 heteroatoms. The van der Waals surface area contributed by atoms with E-state index in [1.165, 1.54) is 35.0 Å². The molecule has 3 aromatic rings. The quantitative estimate of drug-likeness (QED) is 0.665. The van der Waals surface area contributed by atoms with Gasteiger partial charge in [0, 0.05) is 22.0 Å². The lowest BCUT2D eigenvalue weighted by Gasteiger charge is -2.06. The molecule has 0 bridgehead atoms. The number of carbonyl (C=O) groups is 2. The Bertz CT molecular complexity index is 1060. The number of aromatic nitrogens is 2. The van der Waals surface area contributed by atoms with Gasteiger partial charge in [-0.3, -0.25) is 4.68 Å². The van der Waals surface area contributed by atoms with Crippen LogP contribution in [0.5, 0.6) is 0 Å². The van der Waals surface area contributed by atoms with Crippen molar-refractivity contribution in [1.82, 2.24) is 9.78 Å². The topological polar surface area (TPSA) is 92.4 Å². The number of nitrogens with zero attached hydrogens (tertiary/aromatic N) is 2. The maximum Gasteiger partial charge on any atom is 0.335 e. The third-order valence-electron chi connectivity index (χ3n) is 3.75. The molecule has 0 aliphatic rings. The van der Waals surface area contributed by atoms with Gasteiger partial charge in [0.25, 0.3) is 0 Å². The van der Waals surface area contributed by atoms with Crippen LogP contribution in [-0.2, 0) is 11.3 Å². The van der Waals surface area contributed by atoms with Crippen molar-refractivity contribution in [2.45, 2.75) is 6.54 Å². The van der Waals surface area contributed by atoms with Gasteiger partial charge in [-0.1, -0.05) is 17.7 Å². The first-order valence-electron chi connectivity index (χ1n) is 7.44. The summed E-state index contributed by atoms with van der Waals surface area (Å²) >= 11 is 5.75. The number of aromatic carboxylic acids is 1. The molecule has 1 heterocycles. The summed E-state index contributed by atoms with van der Waals surface area (Å²) in [5, 5.41) is 23.1. The molecule has 1 aromatic heterocycles. The van der Waals surface area contributed by atoms with Crippen molar-refractivity contribution in [3.05, 3.63) is 70.1 Å². The van der Waals surface area contributed by atoms with Crippen LogP contribution >= 0.6 is 11.6 Å². The first kappa shape index (κ1) is 17.6. The van der Waals surface area contributed by atoms with Crippen LogP contribution in [0.2, 0.25) is 5.02 Å². The third-order valence-corrected chi connectivity index (χ3v) is 3.98. The molecule has 0 radical (unpaired) electrons. The smallest absolute Gasteiger partial charge is 0.335 e. The number of aliphatic carboxylic acids is 1. The second-order valence-corrected chi connectivity index (χ2v) is 5.92. The number of carboxylic acid groups (broad SMARTS) is 2. The summed E-state index contributed by atoms with van der Waals surface area (Å²) in [5.41, 5.74) is 1.15. The Labute approximate surface area is 151 Å². The summed E-state index contributed by atoms with van der Waals surface area (Å²) in [5.74, 6) is -2.77. The molecule has 0 saturated heterocycles. The molecule has 0 saturated carbocycles. The van der Waals surface area contributed by atoms with Crippen LogP contribution in [0, 0.1) is 5.82 Å². The molecule has 0 unspecified atom stereocenters. The number of rotatable bonds is 5. The van der Waals surface area contributed by atoms with Gasteiger partial charge in [-0.05, 0) is 36.4 Å². The van der Waals surface area contributed by atoms with Crippen LogP contribution in [0.25, 0.3) is 17.0 Å². The van der Waals surface area contributed by atoms with Gasteiger partial charge in [-0.15, -0.1) is 0 Å². The van der Waals surface area contributed by atoms with E-state index in [1.807, 2.05) is 0 Å². The predicted octanol–water partition coefficient (Wildman–Crippen LogP) is 3.67. The van der Waals surface area contributed by atoms with E-state index in [0.717, 1.165) is 6.08 Å². The van der Waals surface area contributed by atoms with Crippen molar-refractivity contribution in [2.75, 3.05) is 0 Å². The number of carboxylic acids is 2. The van der Waals surface area contributed by atoms with E-state index in [2.05, 4.69) is 5.10 Å². The molecule has 0 fully saturated rings. The molecule has 0 amide bonds. The molecule has 0 aliphatic heterocycles. The molecule has 0 atom stereocenters. The van der Waals surface area contributed by atoms with Gasteiger partial charge < -0.3 is 10.2 Å². The van der Waals surface area contributed by atoms with Crippen LogP contribution in [0.15, 0.2) is 42.5 Å². The van der Waals surface area contributed by atoms with Gasteiger partial charge >= 0.3 is 11.9 Å². The lowest BCUT2D eigenvalue weighted by molar-refractivity contribution is -0.131. The van der Waals surface area contributed by atoms with Crippen molar-refractivity contribution in [3.8, 4) is 0 Å². The number of fused-ring (bicyclic) bond motifs is 1. The minimum absolute atomic E-state index is 0.0312. The zero-order valence-corrected chi connectivity index (χ0v) is 13.9. The van der Waals surface area contributed by atoms with Gasteiger partial charge in [0.15, 0.2) is 0 Å². The van der Waals surface area contributed by atoms with E-state index in [4.69, 9.17) is 16.7 Å². The fraction of sp³-hybridized carbons (Fsp3) is 0.0556. The standard InChI is InChI=1S/C18H12ClFN2O4/c19-12-3-1-11(14(20)8-12)9-22-16-7-10(18(25)26)2-4-13(16)15(21-22)5-6-17(23)24/h1-8H,9H2,(H,23,24)(H,25,26)/b6-5+. The Morgan fingerprint density at radius 2 is 1.96 bits per heavy atom. The van der Waals surface area contributed by atoms with Crippen molar-refractivity contribution in [2.24, 2.45) is 0 Å². The second kappa shape index (κ2) is 6.97. The maximum atomic E-state index is 14.1. The summed E-state index contributed by atoms with van der Waals surface area (Å²) in [7, 11) is 0. The van der Waals surface area contributed by atoms with E-state index in [0.29, 0.717) is 22.2 Å². The van der Waals surface area contributed by atoms with E-state index in [-0.39, 0.29) is 17.1 Å². The molecule has 2 N–H and O–H groups in total. The van der Waals surface area contributed by atoms with Crippen molar-refractivity contribution in [3.63, 3.8) is 0 Å². The van der Waals surface area contributed by atoms with Gasteiger partial charge in [0.1, 0.15) is 5.82 Å². The number of benzene rings is 2. The SMILES string of the molecule is O=C(O)/C=C/c1nn(Cc2ccc(Cl)cc2F)c2cc(C(=O)O)ccc12. The second-order valence-electron chi connectivity index (χ2n) is 5.49. The Kier molecular flexibility index (Phi) is 4.73. The Hall–Kier alpha value is -3.19. The molecule has 3 rings (SSSR count). The summed E-state index contributed by atoms with van der Waals surface area (Å²) in [4.78, 5) is 22.0. The lowest BCUT2D eigenvalue weighted by Crippen LogP contribution is -2.05. The average molecular weight is 375 g/mol. The van der Waals surface area contributed by atoms with Crippen LogP contribution in [0.1, 0.15) is 21.6 Å². The predicted molar refractivity (Wildman–Crippen MR) is 93.9 cm³/mol. The number of halogens is 2. The molecule has 0 spiro atoms. The summed E-state index contributed by atoms with van der Waals surface area (Å²) in [6.45, 7) is 0.0312. The van der Waals surface area contributed by atoms with E-state index in [1.54, 1.807) is 12.1 Å². The summed E-state index contributed by atoms with van der Waals surface area (Å²) in [6.07, 6.45) is 2.24. The summed E-state index contributed by atoms with van der Waals surface area (Å²) < 4.78 is 15.5. The van der Waals surface area contributed by atoms with E-state index >= 15 is 0 Å². The van der Waals surface area contributed by atoms with Crippen molar-refractivity contribution < 1.29 is 24.2 Å². The first-order valence-corrected chi connectivity index (χ1v) is 7.82.